The lowest BCUT2D eigenvalue weighted by Crippen LogP contribution is -2.72. The molecule has 0 saturated heterocycles. The summed E-state index contributed by atoms with van der Waals surface area (Å²) in [4.78, 5) is 9.88. The molecule has 0 aliphatic carbocycles. The Morgan fingerprint density at radius 3 is 1.15 bits per heavy atom. The van der Waals surface area contributed by atoms with Crippen LogP contribution in [0.2, 0.25) is 0 Å². The second kappa shape index (κ2) is 6.35. The minimum Gasteiger partial charge on any atom is -0.478 e. The maximum Gasteiger partial charge on any atom is 0.460 e. The van der Waals surface area contributed by atoms with Crippen molar-refractivity contribution >= 4 is 5.97 Å². The Morgan fingerprint density at radius 1 is 0.556 bits per heavy atom. The Labute approximate surface area is 137 Å². The van der Waals surface area contributed by atoms with E-state index in [1.165, 1.54) is 0 Å². The number of rotatable bonds is 7. The molecule has 1 N–H and O–H groups in total. The first-order valence-electron chi connectivity index (χ1n) is 5.67. The predicted octanol–water partition coefficient (Wildman–Crippen LogP) is 5.00. The van der Waals surface area contributed by atoms with Gasteiger partial charge in [0, 0.05) is 6.08 Å². The fourth-order valence-corrected chi connectivity index (χ4v) is 1.26. The molecular weight excluding hydrogens is 437 g/mol. The van der Waals surface area contributed by atoms with E-state index in [1.807, 2.05) is 0 Å². The quantitative estimate of drug-likeness (QED) is 0.447. The van der Waals surface area contributed by atoms with Gasteiger partial charge in [0.25, 0.3) is 0 Å². The monoisotopic (exact) mass is 440 g/mol. The Bertz CT molecular complexity index is 600. The zero-order valence-electron chi connectivity index (χ0n) is 11.7. The van der Waals surface area contributed by atoms with E-state index in [0.717, 1.165) is 0 Å². The van der Waals surface area contributed by atoms with Crippen LogP contribution in [-0.2, 0) is 4.79 Å². The molecule has 0 aliphatic rings. The molecule has 17 heteroatoms. The van der Waals surface area contributed by atoms with Crippen LogP contribution < -0.4 is 0 Å². The van der Waals surface area contributed by atoms with Gasteiger partial charge in [-0.3, -0.25) is 0 Å². The van der Waals surface area contributed by atoms with Gasteiger partial charge in [-0.15, -0.1) is 0 Å². The second-order valence-corrected chi connectivity index (χ2v) is 4.66. The number of hydrogen-bond donors (Lipinski definition) is 1. The summed E-state index contributed by atoms with van der Waals surface area (Å²) in [7, 11) is 0. The van der Waals surface area contributed by atoms with Crippen molar-refractivity contribution in [2.24, 2.45) is 0 Å². The normalized spacial score (nSPS) is 16.1. The van der Waals surface area contributed by atoms with Crippen molar-refractivity contribution in [2.75, 3.05) is 0 Å². The van der Waals surface area contributed by atoms with Gasteiger partial charge >= 0.3 is 47.7 Å². The fourth-order valence-electron chi connectivity index (χ4n) is 1.26. The lowest BCUT2D eigenvalue weighted by molar-refractivity contribution is -0.449. The Morgan fingerprint density at radius 2 is 0.852 bits per heavy atom. The van der Waals surface area contributed by atoms with Crippen molar-refractivity contribution in [3.8, 4) is 0 Å². The van der Waals surface area contributed by atoms with E-state index in [4.69, 9.17) is 5.11 Å². The van der Waals surface area contributed by atoms with Crippen molar-refractivity contribution in [1.29, 1.82) is 0 Å². The molecule has 0 aliphatic heterocycles. The maximum absolute atomic E-state index is 13.1. The molecule has 160 valence electrons. The summed E-state index contributed by atoms with van der Waals surface area (Å²) in [6, 6.07) is 0. The second-order valence-electron chi connectivity index (χ2n) is 4.66. The minimum atomic E-state index is -8.39. The molecule has 0 aromatic heterocycles. The topological polar surface area (TPSA) is 37.3 Å². The zero-order valence-corrected chi connectivity index (χ0v) is 11.7. The number of halogens is 15. The standard InChI is InChI=1S/C10H3F15O2/c11-4(12,2-1-3(26)27)5(13,14)6(15,16)7(17,18)8(19,20)9(21,22)10(23,24)25/h1-2H,(H,26,27)/b2-1-. The lowest BCUT2D eigenvalue weighted by Gasteiger charge is -2.41. The fraction of sp³-hybridized carbons (Fsp3) is 0.700. The highest BCUT2D eigenvalue weighted by atomic mass is 19.4. The molecule has 0 heterocycles. The van der Waals surface area contributed by atoms with Crippen molar-refractivity contribution in [3.05, 3.63) is 12.2 Å². The van der Waals surface area contributed by atoms with Gasteiger partial charge in [0.1, 0.15) is 0 Å². The van der Waals surface area contributed by atoms with Crippen molar-refractivity contribution in [1.82, 2.24) is 0 Å². The predicted molar refractivity (Wildman–Crippen MR) is 52.5 cm³/mol. The SMILES string of the molecule is O=C(O)/C=C\C(F)(F)C(F)(F)C(F)(F)C(F)(F)C(F)(F)C(F)(F)C(F)(F)F. The molecule has 0 aromatic rings. The van der Waals surface area contributed by atoms with Crippen LogP contribution in [0.25, 0.3) is 0 Å². The van der Waals surface area contributed by atoms with E-state index in [9.17, 15) is 70.7 Å². The minimum absolute atomic E-state index is 1.02. The number of carbonyl (C=O) groups is 1. The van der Waals surface area contributed by atoms with E-state index >= 15 is 0 Å². The molecular formula is C10H3F15O2. The van der Waals surface area contributed by atoms with Crippen molar-refractivity contribution < 1.29 is 75.8 Å². The van der Waals surface area contributed by atoms with Crippen LogP contribution in [0.4, 0.5) is 65.9 Å². The van der Waals surface area contributed by atoms with Crippen LogP contribution in [0.5, 0.6) is 0 Å². The summed E-state index contributed by atoms with van der Waals surface area (Å²) in [5, 5.41) is 7.89. The average molecular weight is 440 g/mol. The highest BCUT2D eigenvalue weighted by Crippen LogP contribution is 2.62. The molecule has 27 heavy (non-hydrogen) atoms. The Hall–Kier alpha value is -1.84. The van der Waals surface area contributed by atoms with Crippen molar-refractivity contribution in [3.63, 3.8) is 0 Å². The van der Waals surface area contributed by atoms with E-state index in [1.54, 1.807) is 0 Å². The van der Waals surface area contributed by atoms with Gasteiger partial charge in [0.05, 0.1) is 0 Å². The number of hydrogen-bond acceptors (Lipinski definition) is 1. The molecule has 0 atom stereocenters. The zero-order chi connectivity index (χ0) is 22.5. The lowest BCUT2D eigenvalue weighted by atomic mass is 9.91. The van der Waals surface area contributed by atoms with Gasteiger partial charge in [0.2, 0.25) is 0 Å². The maximum atomic E-state index is 13.1. The number of allylic oxidation sites excluding steroid dienone is 1. The summed E-state index contributed by atoms with van der Waals surface area (Å²) in [6.45, 7) is 0. The van der Waals surface area contributed by atoms with Gasteiger partial charge in [-0.1, -0.05) is 0 Å². The summed E-state index contributed by atoms with van der Waals surface area (Å²) < 4.78 is 190. The van der Waals surface area contributed by atoms with Gasteiger partial charge in [-0.25, -0.2) is 4.79 Å². The largest absolute Gasteiger partial charge is 0.478 e. The highest BCUT2D eigenvalue weighted by Gasteiger charge is 2.93. The third kappa shape index (κ3) is 3.51. The smallest absolute Gasteiger partial charge is 0.460 e. The first kappa shape index (κ1) is 25.2. The molecule has 0 aromatic carbocycles. The number of alkyl halides is 15. The van der Waals surface area contributed by atoms with E-state index < -0.39 is 59.8 Å². The van der Waals surface area contributed by atoms with Crippen LogP contribution >= 0.6 is 0 Å². The summed E-state index contributed by atoms with van der Waals surface area (Å²) >= 11 is 0. The first-order valence-corrected chi connectivity index (χ1v) is 5.67. The highest BCUT2D eigenvalue weighted by molar-refractivity contribution is 5.79. The van der Waals surface area contributed by atoms with Crippen LogP contribution in [0.3, 0.4) is 0 Å². The van der Waals surface area contributed by atoms with Crippen LogP contribution in [0, 0.1) is 0 Å². The van der Waals surface area contributed by atoms with E-state index in [0.29, 0.717) is 0 Å². The molecule has 0 saturated carbocycles. The summed E-state index contributed by atoms with van der Waals surface area (Å²) in [5.74, 6) is -49.9. The third-order valence-corrected chi connectivity index (χ3v) is 2.79. The Balaban J connectivity index is 6.51. The van der Waals surface area contributed by atoms with Crippen molar-refractivity contribution in [2.45, 2.75) is 41.7 Å². The van der Waals surface area contributed by atoms with Gasteiger partial charge in [-0.05, 0) is 6.08 Å². The van der Waals surface area contributed by atoms with Crippen LogP contribution in [0.15, 0.2) is 12.2 Å². The molecule has 0 radical (unpaired) electrons. The molecule has 0 bridgehead atoms. The molecule has 2 nitrogen and oxygen atoms in total. The number of carboxylic acids is 1. The van der Waals surface area contributed by atoms with E-state index in [2.05, 4.69) is 0 Å². The van der Waals surface area contributed by atoms with E-state index in [-0.39, 0.29) is 0 Å². The number of aliphatic carboxylic acids is 1. The molecule has 0 rings (SSSR count). The Kier molecular flexibility index (Phi) is 5.92. The molecule has 0 fully saturated rings. The van der Waals surface area contributed by atoms with Gasteiger partial charge in [-0.2, -0.15) is 65.9 Å². The molecule has 0 spiro atoms. The number of carboxylic acid groups (broad SMARTS) is 1. The first-order chi connectivity index (χ1) is 11.4. The van der Waals surface area contributed by atoms with Gasteiger partial charge in [0.15, 0.2) is 0 Å². The molecule has 0 unspecified atom stereocenters. The van der Waals surface area contributed by atoms with Gasteiger partial charge < -0.3 is 5.11 Å². The third-order valence-electron chi connectivity index (χ3n) is 2.79. The van der Waals surface area contributed by atoms with Crippen LogP contribution in [0.1, 0.15) is 0 Å². The summed E-state index contributed by atoms with van der Waals surface area (Å²) in [6.07, 6.45) is -10.4. The average Bonchev–Trinajstić information content (AvgIpc) is 2.42. The molecule has 0 amide bonds. The van der Waals surface area contributed by atoms with Crippen LogP contribution in [-0.4, -0.2) is 52.8 Å². The summed E-state index contributed by atoms with van der Waals surface area (Å²) in [5.41, 5.74) is 0.